The molecule has 2 unspecified atom stereocenters. The molecular weight excluding hydrogens is 245 g/mol. The molecule has 0 saturated carbocycles. The van der Waals surface area contributed by atoms with E-state index in [1.165, 1.54) is 12.1 Å². The second-order valence-corrected chi connectivity index (χ2v) is 5.34. The Kier molecular flexibility index (Phi) is 3.24. The summed E-state index contributed by atoms with van der Waals surface area (Å²) in [6.45, 7) is 3.39. The molecule has 0 aliphatic carbocycles. The molecule has 2 aliphatic heterocycles. The predicted octanol–water partition coefficient (Wildman–Crippen LogP) is 0.613. The number of amides is 1. The van der Waals surface area contributed by atoms with E-state index >= 15 is 0 Å². The summed E-state index contributed by atoms with van der Waals surface area (Å²) >= 11 is 0. The molecule has 1 aromatic carbocycles. The van der Waals surface area contributed by atoms with Crippen molar-refractivity contribution in [3.63, 3.8) is 0 Å². The van der Waals surface area contributed by atoms with Crippen LogP contribution in [-0.2, 0) is 4.79 Å². The second kappa shape index (κ2) is 4.90. The molecule has 2 atom stereocenters. The normalized spacial score (nSPS) is 28.3. The van der Waals surface area contributed by atoms with E-state index in [0.29, 0.717) is 0 Å². The van der Waals surface area contributed by atoms with E-state index in [2.05, 4.69) is 17.3 Å². The molecule has 102 valence electrons. The van der Waals surface area contributed by atoms with Gasteiger partial charge in [0.2, 0.25) is 5.91 Å². The number of nitrogens with zero attached hydrogens (tertiary/aromatic N) is 2. The SMILES string of the molecule is CN1CCN2C(=O)C(c3ccc(F)cc3)NCC2C1. The van der Waals surface area contributed by atoms with Gasteiger partial charge in [-0.25, -0.2) is 4.39 Å². The van der Waals surface area contributed by atoms with Crippen molar-refractivity contribution in [1.82, 2.24) is 15.1 Å². The first-order valence-corrected chi connectivity index (χ1v) is 6.63. The first-order valence-electron chi connectivity index (χ1n) is 6.63. The lowest BCUT2D eigenvalue weighted by Crippen LogP contribution is -2.63. The zero-order valence-electron chi connectivity index (χ0n) is 11.0. The molecule has 2 fully saturated rings. The van der Waals surface area contributed by atoms with Crippen molar-refractivity contribution in [1.29, 1.82) is 0 Å². The van der Waals surface area contributed by atoms with Crippen LogP contribution in [0, 0.1) is 5.82 Å². The van der Waals surface area contributed by atoms with E-state index in [-0.39, 0.29) is 23.8 Å². The fraction of sp³-hybridized carbons (Fsp3) is 0.500. The maximum Gasteiger partial charge on any atom is 0.244 e. The topological polar surface area (TPSA) is 35.6 Å². The first-order chi connectivity index (χ1) is 9.15. The maximum atomic E-state index is 12.9. The van der Waals surface area contributed by atoms with Crippen LogP contribution in [0.3, 0.4) is 0 Å². The van der Waals surface area contributed by atoms with E-state index < -0.39 is 0 Å². The molecular formula is C14H18FN3O. The molecule has 0 radical (unpaired) electrons. The zero-order chi connectivity index (χ0) is 13.4. The zero-order valence-corrected chi connectivity index (χ0v) is 11.0. The number of rotatable bonds is 1. The molecule has 19 heavy (non-hydrogen) atoms. The highest BCUT2D eigenvalue weighted by atomic mass is 19.1. The lowest BCUT2D eigenvalue weighted by atomic mass is 9.99. The Morgan fingerprint density at radius 2 is 2.00 bits per heavy atom. The molecule has 1 amide bonds. The van der Waals surface area contributed by atoms with Crippen molar-refractivity contribution in [3.8, 4) is 0 Å². The number of hydrogen-bond acceptors (Lipinski definition) is 3. The quantitative estimate of drug-likeness (QED) is 0.806. The Labute approximate surface area is 112 Å². The molecule has 1 N–H and O–H groups in total. The van der Waals surface area contributed by atoms with Crippen LogP contribution in [0.1, 0.15) is 11.6 Å². The Morgan fingerprint density at radius 1 is 1.26 bits per heavy atom. The van der Waals surface area contributed by atoms with Gasteiger partial charge < -0.3 is 15.1 Å². The van der Waals surface area contributed by atoms with Crippen LogP contribution in [0.5, 0.6) is 0 Å². The lowest BCUT2D eigenvalue weighted by molar-refractivity contribution is -0.141. The summed E-state index contributed by atoms with van der Waals surface area (Å²) in [6, 6.07) is 6.09. The number of fused-ring (bicyclic) bond motifs is 1. The van der Waals surface area contributed by atoms with Crippen molar-refractivity contribution < 1.29 is 9.18 Å². The molecule has 2 saturated heterocycles. The van der Waals surface area contributed by atoms with Gasteiger partial charge in [0.05, 0.1) is 6.04 Å². The van der Waals surface area contributed by atoms with Crippen LogP contribution in [0.2, 0.25) is 0 Å². The number of piperazine rings is 2. The molecule has 2 aliphatic rings. The third kappa shape index (κ3) is 2.35. The molecule has 0 aromatic heterocycles. The summed E-state index contributed by atoms with van der Waals surface area (Å²) in [5, 5.41) is 3.28. The number of carbonyl (C=O) groups excluding carboxylic acids is 1. The molecule has 0 spiro atoms. The fourth-order valence-corrected chi connectivity index (χ4v) is 2.90. The van der Waals surface area contributed by atoms with Crippen LogP contribution in [-0.4, -0.2) is 55.0 Å². The first kappa shape index (κ1) is 12.6. The van der Waals surface area contributed by atoms with Crippen molar-refractivity contribution in [2.75, 3.05) is 33.2 Å². The summed E-state index contributed by atoms with van der Waals surface area (Å²) in [5.41, 5.74) is 0.837. The van der Waals surface area contributed by atoms with Gasteiger partial charge in [-0.3, -0.25) is 4.79 Å². The van der Waals surface area contributed by atoms with Crippen molar-refractivity contribution >= 4 is 5.91 Å². The number of carbonyl (C=O) groups is 1. The highest BCUT2D eigenvalue weighted by Gasteiger charge is 2.38. The Balaban J connectivity index is 1.79. The number of nitrogens with one attached hydrogen (secondary N) is 1. The number of benzene rings is 1. The Morgan fingerprint density at radius 3 is 2.74 bits per heavy atom. The third-order valence-electron chi connectivity index (χ3n) is 3.98. The van der Waals surface area contributed by atoms with E-state index in [9.17, 15) is 9.18 Å². The highest BCUT2D eigenvalue weighted by Crippen LogP contribution is 2.23. The van der Waals surface area contributed by atoms with E-state index in [4.69, 9.17) is 0 Å². The van der Waals surface area contributed by atoms with Crippen LogP contribution >= 0.6 is 0 Å². The van der Waals surface area contributed by atoms with Crippen molar-refractivity contribution in [2.45, 2.75) is 12.1 Å². The fourth-order valence-electron chi connectivity index (χ4n) is 2.90. The monoisotopic (exact) mass is 263 g/mol. The van der Waals surface area contributed by atoms with Crippen molar-refractivity contribution in [2.24, 2.45) is 0 Å². The summed E-state index contributed by atoms with van der Waals surface area (Å²) in [7, 11) is 2.08. The second-order valence-electron chi connectivity index (χ2n) is 5.34. The van der Waals surface area contributed by atoms with E-state index in [1.54, 1.807) is 12.1 Å². The third-order valence-corrected chi connectivity index (χ3v) is 3.98. The van der Waals surface area contributed by atoms with Gasteiger partial charge in [-0.05, 0) is 24.7 Å². The van der Waals surface area contributed by atoms with E-state index in [0.717, 1.165) is 31.7 Å². The van der Waals surface area contributed by atoms with Gasteiger partial charge >= 0.3 is 0 Å². The van der Waals surface area contributed by atoms with E-state index in [1.807, 2.05) is 4.90 Å². The van der Waals surface area contributed by atoms with Crippen LogP contribution in [0.4, 0.5) is 4.39 Å². The molecule has 5 heteroatoms. The van der Waals surface area contributed by atoms with Gasteiger partial charge in [0.25, 0.3) is 0 Å². The minimum absolute atomic E-state index is 0.107. The average molecular weight is 263 g/mol. The van der Waals surface area contributed by atoms with Crippen LogP contribution in [0.15, 0.2) is 24.3 Å². The average Bonchev–Trinajstić information content (AvgIpc) is 2.40. The smallest absolute Gasteiger partial charge is 0.244 e. The largest absolute Gasteiger partial charge is 0.334 e. The van der Waals surface area contributed by atoms with Gasteiger partial charge in [-0.1, -0.05) is 12.1 Å². The van der Waals surface area contributed by atoms with Gasteiger partial charge in [-0.15, -0.1) is 0 Å². The maximum absolute atomic E-state index is 12.9. The minimum Gasteiger partial charge on any atom is -0.334 e. The molecule has 1 aromatic rings. The molecule has 4 nitrogen and oxygen atoms in total. The predicted molar refractivity (Wildman–Crippen MR) is 70.1 cm³/mol. The molecule has 2 heterocycles. The summed E-state index contributed by atoms with van der Waals surface area (Å²) in [4.78, 5) is 16.7. The van der Waals surface area contributed by atoms with Gasteiger partial charge in [0, 0.05) is 26.2 Å². The van der Waals surface area contributed by atoms with Gasteiger partial charge in [0.1, 0.15) is 11.9 Å². The van der Waals surface area contributed by atoms with Crippen LogP contribution < -0.4 is 5.32 Å². The van der Waals surface area contributed by atoms with Crippen LogP contribution in [0.25, 0.3) is 0 Å². The molecule has 0 bridgehead atoms. The lowest BCUT2D eigenvalue weighted by Gasteiger charge is -2.45. The number of hydrogen-bond donors (Lipinski definition) is 1. The van der Waals surface area contributed by atoms with Gasteiger partial charge in [-0.2, -0.15) is 0 Å². The standard InChI is InChI=1S/C14H18FN3O/c1-17-6-7-18-12(9-17)8-16-13(14(18)19)10-2-4-11(15)5-3-10/h2-5,12-13,16H,6-9H2,1H3. The Hall–Kier alpha value is -1.46. The minimum atomic E-state index is -0.333. The number of likely N-dealkylation sites (N-methyl/N-ethyl adjacent to an activating group) is 1. The summed E-state index contributed by atoms with van der Waals surface area (Å²) < 4.78 is 12.9. The highest BCUT2D eigenvalue weighted by molar-refractivity contribution is 5.84. The Bertz CT molecular complexity index is 476. The number of halogens is 1. The van der Waals surface area contributed by atoms with Crippen molar-refractivity contribution in [3.05, 3.63) is 35.6 Å². The van der Waals surface area contributed by atoms with Gasteiger partial charge in [0.15, 0.2) is 0 Å². The summed E-state index contributed by atoms with van der Waals surface area (Å²) in [5.74, 6) is -0.166. The summed E-state index contributed by atoms with van der Waals surface area (Å²) in [6.07, 6.45) is 0. The molecule has 3 rings (SSSR count).